The highest BCUT2D eigenvalue weighted by molar-refractivity contribution is 6.04. The third-order valence-corrected chi connectivity index (χ3v) is 4.63. The number of carbonyl (C=O) groups is 3. The number of piperazine rings is 1. The largest absolute Gasteiger partial charge is 0.353 e. The highest BCUT2D eigenvalue weighted by atomic mass is 16.2. The molecule has 1 aliphatic rings. The predicted octanol–water partition coefficient (Wildman–Crippen LogP) is 1.91. The number of carbonyl (C=O) groups excluding carboxylic acids is 3. The summed E-state index contributed by atoms with van der Waals surface area (Å²) in [6, 6.07) is 8.43. The van der Waals surface area contributed by atoms with Gasteiger partial charge < -0.3 is 15.1 Å². The number of nitrogens with one attached hydrogen (secondary N) is 1. The lowest BCUT2D eigenvalue weighted by Gasteiger charge is -2.35. The summed E-state index contributed by atoms with van der Waals surface area (Å²) < 4.78 is 0. The summed E-state index contributed by atoms with van der Waals surface area (Å²) in [6.07, 6.45) is 0. The molecule has 2 aromatic rings. The Bertz CT molecular complexity index is 920. The zero-order valence-corrected chi connectivity index (χ0v) is 16.2. The molecule has 2 heterocycles. The van der Waals surface area contributed by atoms with E-state index in [4.69, 9.17) is 0 Å². The number of hydrogen-bond donors (Lipinski definition) is 1. The zero-order valence-electron chi connectivity index (χ0n) is 16.2. The van der Waals surface area contributed by atoms with Crippen molar-refractivity contribution in [1.82, 2.24) is 14.9 Å². The lowest BCUT2D eigenvalue weighted by Crippen LogP contribution is -2.48. The van der Waals surface area contributed by atoms with Crippen molar-refractivity contribution in [3.05, 3.63) is 47.4 Å². The normalized spacial score (nSPS) is 14.0. The summed E-state index contributed by atoms with van der Waals surface area (Å²) in [7, 11) is 0. The van der Waals surface area contributed by atoms with Crippen molar-refractivity contribution in [2.75, 3.05) is 36.4 Å². The summed E-state index contributed by atoms with van der Waals surface area (Å²) in [5, 5.41) is 2.78. The molecular weight excluding hydrogens is 358 g/mol. The van der Waals surface area contributed by atoms with Crippen molar-refractivity contribution in [3.63, 3.8) is 0 Å². The van der Waals surface area contributed by atoms with Crippen LogP contribution in [0.1, 0.15) is 40.5 Å². The highest BCUT2D eigenvalue weighted by Crippen LogP contribution is 2.17. The lowest BCUT2D eigenvalue weighted by molar-refractivity contribution is -0.129. The van der Waals surface area contributed by atoms with Crippen molar-refractivity contribution in [2.24, 2.45) is 0 Å². The molecule has 0 unspecified atom stereocenters. The van der Waals surface area contributed by atoms with E-state index in [0.717, 1.165) is 0 Å². The molecule has 1 aromatic heterocycles. The van der Waals surface area contributed by atoms with E-state index >= 15 is 0 Å². The summed E-state index contributed by atoms with van der Waals surface area (Å²) in [4.78, 5) is 48.2. The van der Waals surface area contributed by atoms with Crippen molar-refractivity contribution in [2.45, 2.75) is 20.8 Å². The van der Waals surface area contributed by atoms with E-state index in [0.29, 0.717) is 49.1 Å². The van der Waals surface area contributed by atoms with Crippen LogP contribution in [0, 0.1) is 6.92 Å². The molecule has 0 aliphatic carbocycles. The van der Waals surface area contributed by atoms with E-state index in [1.807, 2.05) is 4.90 Å². The van der Waals surface area contributed by atoms with Crippen LogP contribution in [0.4, 0.5) is 11.5 Å². The summed E-state index contributed by atoms with van der Waals surface area (Å²) in [5.74, 6) is 0.787. The van der Waals surface area contributed by atoms with E-state index in [2.05, 4.69) is 15.3 Å². The second kappa shape index (κ2) is 8.16. The molecule has 1 aromatic carbocycles. The molecule has 1 aliphatic heterocycles. The molecule has 28 heavy (non-hydrogen) atoms. The minimum Gasteiger partial charge on any atom is -0.353 e. The van der Waals surface area contributed by atoms with E-state index in [1.165, 1.54) is 6.92 Å². The van der Waals surface area contributed by atoms with Gasteiger partial charge in [-0.2, -0.15) is 0 Å². The molecule has 1 saturated heterocycles. The van der Waals surface area contributed by atoms with Gasteiger partial charge in [-0.3, -0.25) is 14.4 Å². The van der Waals surface area contributed by atoms with Gasteiger partial charge in [-0.25, -0.2) is 9.97 Å². The molecule has 146 valence electrons. The van der Waals surface area contributed by atoms with Crippen LogP contribution in [0.2, 0.25) is 0 Å². The van der Waals surface area contributed by atoms with Crippen LogP contribution in [-0.4, -0.2) is 58.6 Å². The van der Waals surface area contributed by atoms with Gasteiger partial charge in [0.05, 0.1) is 0 Å². The van der Waals surface area contributed by atoms with Crippen molar-refractivity contribution in [3.8, 4) is 0 Å². The molecule has 0 radical (unpaired) electrons. The molecule has 8 heteroatoms. The number of anilines is 2. The summed E-state index contributed by atoms with van der Waals surface area (Å²) in [5.41, 5.74) is 1.32. The quantitative estimate of drug-likeness (QED) is 0.813. The van der Waals surface area contributed by atoms with Crippen LogP contribution in [0.5, 0.6) is 0 Å². The second-order valence-electron chi connectivity index (χ2n) is 6.74. The third kappa shape index (κ3) is 4.51. The number of Topliss-reactive ketones (excluding diaryl/α,β-unsaturated/α-hetero) is 1. The molecule has 8 nitrogen and oxygen atoms in total. The number of rotatable bonds is 4. The number of hydrogen-bond acceptors (Lipinski definition) is 6. The minimum atomic E-state index is -0.366. The van der Waals surface area contributed by atoms with Gasteiger partial charge in [-0.15, -0.1) is 0 Å². The fourth-order valence-electron chi connectivity index (χ4n) is 3.09. The van der Waals surface area contributed by atoms with Crippen molar-refractivity contribution < 1.29 is 14.4 Å². The Labute approximate surface area is 163 Å². The minimum absolute atomic E-state index is 0.0615. The van der Waals surface area contributed by atoms with Crippen LogP contribution in [0.15, 0.2) is 30.3 Å². The Kier molecular flexibility index (Phi) is 5.67. The standard InChI is InChI=1S/C20H23N5O3/c1-13(26)16-5-4-6-17(11-16)23-20(28)18-12-19(22-14(2)21-18)25-9-7-24(8-10-25)15(3)27/h4-6,11-12H,7-10H2,1-3H3,(H,23,28). The molecule has 0 bridgehead atoms. The fraction of sp³-hybridized carbons (Fsp3) is 0.350. The number of amides is 2. The molecule has 1 N–H and O–H groups in total. The maximum Gasteiger partial charge on any atom is 0.274 e. The molecule has 0 saturated carbocycles. The Hall–Kier alpha value is -3.29. The first-order chi connectivity index (χ1) is 13.3. The average Bonchev–Trinajstić information content (AvgIpc) is 2.67. The zero-order chi connectivity index (χ0) is 20.3. The van der Waals surface area contributed by atoms with Gasteiger partial charge in [0.25, 0.3) is 5.91 Å². The first-order valence-electron chi connectivity index (χ1n) is 9.12. The Balaban J connectivity index is 1.76. The number of aryl methyl sites for hydroxylation is 1. The summed E-state index contributed by atoms with van der Waals surface area (Å²) >= 11 is 0. The smallest absolute Gasteiger partial charge is 0.274 e. The summed E-state index contributed by atoms with van der Waals surface area (Å²) in [6.45, 7) is 7.33. The van der Waals surface area contributed by atoms with Gasteiger partial charge in [0, 0.05) is 50.4 Å². The van der Waals surface area contributed by atoms with Gasteiger partial charge >= 0.3 is 0 Å². The Morgan fingerprint density at radius 2 is 1.71 bits per heavy atom. The average molecular weight is 381 g/mol. The molecular formula is C20H23N5O3. The first-order valence-corrected chi connectivity index (χ1v) is 9.12. The number of nitrogens with zero attached hydrogens (tertiary/aromatic N) is 4. The number of benzene rings is 1. The van der Waals surface area contributed by atoms with Gasteiger partial charge in [-0.05, 0) is 26.0 Å². The van der Waals surface area contributed by atoms with Gasteiger partial charge in [0.15, 0.2) is 5.78 Å². The van der Waals surface area contributed by atoms with E-state index in [1.54, 1.807) is 49.1 Å². The SMILES string of the molecule is CC(=O)c1cccc(NC(=O)c2cc(N3CCN(C(C)=O)CC3)nc(C)n2)c1. The number of ketones is 1. The van der Waals surface area contributed by atoms with Crippen LogP contribution in [0.3, 0.4) is 0 Å². The number of aromatic nitrogens is 2. The van der Waals surface area contributed by atoms with Crippen LogP contribution in [-0.2, 0) is 4.79 Å². The predicted molar refractivity (Wildman–Crippen MR) is 106 cm³/mol. The third-order valence-electron chi connectivity index (χ3n) is 4.63. The Morgan fingerprint density at radius 3 is 2.36 bits per heavy atom. The molecule has 3 rings (SSSR count). The van der Waals surface area contributed by atoms with Crippen molar-refractivity contribution >= 4 is 29.1 Å². The van der Waals surface area contributed by atoms with Crippen molar-refractivity contribution in [1.29, 1.82) is 0 Å². The monoisotopic (exact) mass is 381 g/mol. The van der Waals surface area contributed by atoms with E-state index in [-0.39, 0.29) is 23.3 Å². The lowest BCUT2D eigenvalue weighted by atomic mass is 10.1. The maximum atomic E-state index is 12.7. The molecule has 2 amide bonds. The van der Waals surface area contributed by atoms with E-state index in [9.17, 15) is 14.4 Å². The molecule has 1 fully saturated rings. The first kappa shape index (κ1) is 19.5. The molecule has 0 atom stereocenters. The van der Waals surface area contributed by atoms with Gasteiger partial charge in [-0.1, -0.05) is 12.1 Å². The highest BCUT2D eigenvalue weighted by Gasteiger charge is 2.21. The van der Waals surface area contributed by atoms with Gasteiger partial charge in [0.2, 0.25) is 5.91 Å². The van der Waals surface area contributed by atoms with Crippen LogP contribution in [0.25, 0.3) is 0 Å². The maximum absolute atomic E-state index is 12.7. The topological polar surface area (TPSA) is 95.5 Å². The molecule has 0 spiro atoms. The van der Waals surface area contributed by atoms with Crippen LogP contribution >= 0.6 is 0 Å². The Morgan fingerprint density at radius 1 is 1.00 bits per heavy atom. The van der Waals surface area contributed by atoms with Crippen LogP contribution < -0.4 is 10.2 Å². The fourth-order valence-corrected chi connectivity index (χ4v) is 3.09. The second-order valence-corrected chi connectivity index (χ2v) is 6.74. The van der Waals surface area contributed by atoms with E-state index < -0.39 is 0 Å². The van der Waals surface area contributed by atoms with Gasteiger partial charge in [0.1, 0.15) is 17.3 Å².